The molecule has 0 radical (unpaired) electrons. The van der Waals surface area contributed by atoms with Crippen molar-refractivity contribution in [2.45, 2.75) is 26.1 Å². The molecule has 1 atom stereocenters. The summed E-state index contributed by atoms with van der Waals surface area (Å²) in [5.74, 6) is 1.03. The number of rotatable bonds is 6. The van der Waals surface area contributed by atoms with Crippen LogP contribution in [0.3, 0.4) is 0 Å². The molecule has 0 saturated heterocycles. The van der Waals surface area contributed by atoms with E-state index in [1.165, 1.54) is 0 Å². The fraction of sp³-hybridized carbons (Fsp3) is 0.267. The average molecular weight is 318 g/mol. The minimum Gasteiger partial charge on any atom is -0.338 e. The third-order valence-electron chi connectivity index (χ3n) is 3.20. The van der Waals surface area contributed by atoms with Crippen LogP contribution in [0.1, 0.15) is 12.8 Å². The lowest BCUT2D eigenvalue weighted by Crippen LogP contribution is -2.30. The van der Waals surface area contributed by atoms with Gasteiger partial charge < -0.3 is 9.84 Å². The molecule has 2 heterocycles. The van der Waals surface area contributed by atoms with Gasteiger partial charge in [-0.3, -0.25) is 4.68 Å². The molecule has 0 bridgehead atoms. The van der Waals surface area contributed by atoms with Crippen LogP contribution in [-0.2, 0) is 13.1 Å². The van der Waals surface area contributed by atoms with E-state index < -0.39 is 0 Å². The number of hydrogen-bond acceptors (Lipinski definition) is 5. The van der Waals surface area contributed by atoms with Crippen molar-refractivity contribution < 1.29 is 4.52 Å². The molecule has 114 valence electrons. The molecule has 0 spiro atoms. The fourth-order valence-electron chi connectivity index (χ4n) is 2.09. The largest absolute Gasteiger partial charge is 0.338 e. The molecule has 0 amide bonds. The second kappa shape index (κ2) is 6.72. The van der Waals surface area contributed by atoms with Gasteiger partial charge >= 0.3 is 0 Å². The molecule has 22 heavy (non-hydrogen) atoms. The van der Waals surface area contributed by atoms with Gasteiger partial charge in [0.15, 0.2) is 0 Å². The van der Waals surface area contributed by atoms with Crippen molar-refractivity contribution >= 4 is 11.6 Å². The Bertz CT molecular complexity index is 725. The molecule has 7 heteroatoms. The minimum atomic E-state index is 0.232. The van der Waals surface area contributed by atoms with Gasteiger partial charge in [0, 0.05) is 24.0 Å². The van der Waals surface area contributed by atoms with Gasteiger partial charge in [-0.25, -0.2) is 0 Å². The highest BCUT2D eigenvalue weighted by Gasteiger charge is 2.12. The monoisotopic (exact) mass is 317 g/mol. The molecule has 3 aromatic rings. The standard InChI is InChI=1S/C15H16ClN5O/c1-11(10-21-8-4-7-18-21)17-9-14-19-15(20-22-14)12-5-2-3-6-13(12)16/h2-8,11,17H,9-10H2,1H3/t11-/m0/s1. The van der Waals surface area contributed by atoms with E-state index in [0.717, 1.165) is 12.1 Å². The smallest absolute Gasteiger partial charge is 0.240 e. The van der Waals surface area contributed by atoms with Crippen LogP contribution < -0.4 is 5.32 Å². The summed E-state index contributed by atoms with van der Waals surface area (Å²) in [5, 5.41) is 12.1. The number of nitrogens with zero attached hydrogens (tertiary/aromatic N) is 4. The summed E-state index contributed by atoms with van der Waals surface area (Å²) in [4.78, 5) is 4.36. The van der Waals surface area contributed by atoms with Crippen LogP contribution in [0.5, 0.6) is 0 Å². The quantitative estimate of drug-likeness (QED) is 0.757. The maximum atomic E-state index is 6.13. The van der Waals surface area contributed by atoms with Crippen LogP contribution in [0.15, 0.2) is 47.2 Å². The summed E-state index contributed by atoms with van der Waals surface area (Å²) >= 11 is 6.13. The lowest BCUT2D eigenvalue weighted by Gasteiger charge is -2.11. The number of benzene rings is 1. The Morgan fingerprint density at radius 1 is 1.32 bits per heavy atom. The van der Waals surface area contributed by atoms with E-state index in [1.54, 1.807) is 12.3 Å². The molecule has 0 unspecified atom stereocenters. The van der Waals surface area contributed by atoms with E-state index >= 15 is 0 Å². The van der Waals surface area contributed by atoms with Crippen LogP contribution in [0.4, 0.5) is 0 Å². The van der Waals surface area contributed by atoms with Crippen molar-refractivity contribution in [1.29, 1.82) is 0 Å². The average Bonchev–Trinajstić information content (AvgIpc) is 3.17. The summed E-state index contributed by atoms with van der Waals surface area (Å²) in [6, 6.07) is 9.56. The van der Waals surface area contributed by atoms with E-state index in [4.69, 9.17) is 16.1 Å². The number of aromatic nitrogens is 4. The molecule has 2 aromatic heterocycles. The summed E-state index contributed by atoms with van der Waals surface area (Å²) in [5.41, 5.74) is 0.767. The first-order valence-electron chi connectivity index (χ1n) is 7.00. The summed E-state index contributed by atoms with van der Waals surface area (Å²) in [6.07, 6.45) is 3.70. The lowest BCUT2D eigenvalue weighted by atomic mass is 10.2. The van der Waals surface area contributed by atoms with Crippen molar-refractivity contribution in [3.63, 3.8) is 0 Å². The summed E-state index contributed by atoms with van der Waals surface area (Å²) in [6.45, 7) is 3.35. The topological polar surface area (TPSA) is 68.8 Å². The van der Waals surface area contributed by atoms with E-state index in [-0.39, 0.29) is 6.04 Å². The van der Waals surface area contributed by atoms with Gasteiger partial charge in [-0.15, -0.1) is 0 Å². The molecule has 0 aliphatic rings. The Morgan fingerprint density at radius 2 is 2.18 bits per heavy atom. The van der Waals surface area contributed by atoms with Gasteiger partial charge in [-0.05, 0) is 25.1 Å². The van der Waals surface area contributed by atoms with E-state index in [1.807, 2.05) is 35.1 Å². The molecule has 0 aliphatic carbocycles. The van der Waals surface area contributed by atoms with Gasteiger partial charge in [-0.2, -0.15) is 10.1 Å². The van der Waals surface area contributed by atoms with Crippen molar-refractivity contribution in [2.24, 2.45) is 0 Å². The first kappa shape index (κ1) is 14.7. The molecule has 1 aromatic carbocycles. The second-order valence-electron chi connectivity index (χ2n) is 5.00. The normalized spacial score (nSPS) is 12.5. The van der Waals surface area contributed by atoms with E-state index in [9.17, 15) is 0 Å². The van der Waals surface area contributed by atoms with E-state index in [0.29, 0.717) is 23.3 Å². The maximum absolute atomic E-state index is 6.13. The molecular weight excluding hydrogens is 302 g/mol. The lowest BCUT2D eigenvalue weighted by molar-refractivity contribution is 0.350. The third kappa shape index (κ3) is 3.52. The Morgan fingerprint density at radius 3 is 2.95 bits per heavy atom. The number of nitrogens with one attached hydrogen (secondary N) is 1. The Labute approximate surface area is 133 Å². The molecule has 0 saturated carbocycles. The molecule has 1 N–H and O–H groups in total. The maximum Gasteiger partial charge on any atom is 0.240 e. The molecular formula is C15H16ClN5O. The van der Waals surface area contributed by atoms with Crippen LogP contribution in [0, 0.1) is 0 Å². The van der Waals surface area contributed by atoms with Crippen molar-refractivity contribution in [1.82, 2.24) is 25.2 Å². The summed E-state index contributed by atoms with van der Waals surface area (Å²) in [7, 11) is 0. The number of halogens is 1. The molecule has 6 nitrogen and oxygen atoms in total. The zero-order chi connectivity index (χ0) is 15.4. The first-order chi connectivity index (χ1) is 10.7. The zero-order valence-electron chi connectivity index (χ0n) is 12.1. The molecule has 3 rings (SSSR count). The van der Waals surface area contributed by atoms with Gasteiger partial charge in [0.1, 0.15) is 0 Å². The highest BCUT2D eigenvalue weighted by molar-refractivity contribution is 6.33. The SMILES string of the molecule is C[C@@H](Cn1cccn1)NCc1nc(-c2ccccc2Cl)no1. The number of hydrogen-bond donors (Lipinski definition) is 1. The van der Waals surface area contributed by atoms with Gasteiger partial charge in [0.2, 0.25) is 11.7 Å². The highest BCUT2D eigenvalue weighted by atomic mass is 35.5. The summed E-state index contributed by atoms with van der Waals surface area (Å²) < 4.78 is 7.13. The fourth-order valence-corrected chi connectivity index (χ4v) is 2.31. The third-order valence-corrected chi connectivity index (χ3v) is 3.53. The molecule has 0 fully saturated rings. The first-order valence-corrected chi connectivity index (χ1v) is 7.38. The second-order valence-corrected chi connectivity index (χ2v) is 5.41. The predicted octanol–water partition coefficient (Wildman–Crippen LogP) is 2.76. The van der Waals surface area contributed by atoms with Crippen molar-refractivity contribution in [3.8, 4) is 11.4 Å². The highest BCUT2D eigenvalue weighted by Crippen LogP contribution is 2.24. The van der Waals surface area contributed by atoms with Gasteiger partial charge in [0.05, 0.1) is 18.1 Å². The van der Waals surface area contributed by atoms with Crippen LogP contribution in [0.2, 0.25) is 5.02 Å². The zero-order valence-corrected chi connectivity index (χ0v) is 12.9. The van der Waals surface area contributed by atoms with Gasteiger partial charge in [0.25, 0.3) is 0 Å². The Balaban J connectivity index is 1.59. The minimum absolute atomic E-state index is 0.232. The van der Waals surface area contributed by atoms with Crippen LogP contribution in [0.25, 0.3) is 11.4 Å². The van der Waals surface area contributed by atoms with E-state index in [2.05, 4.69) is 27.5 Å². The van der Waals surface area contributed by atoms with Gasteiger partial charge in [-0.1, -0.05) is 28.9 Å². The van der Waals surface area contributed by atoms with Crippen LogP contribution in [-0.4, -0.2) is 26.0 Å². The predicted molar refractivity (Wildman–Crippen MR) is 83.3 cm³/mol. The Kier molecular flexibility index (Phi) is 4.50. The molecule has 0 aliphatic heterocycles. The Hall–Kier alpha value is -2.18. The van der Waals surface area contributed by atoms with Crippen molar-refractivity contribution in [2.75, 3.05) is 0 Å². The van der Waals surface area contributed by atoms with Crippen LogP contribution >= 0.6 is 11.6 Å². The van der Waals surface area contributed by atoms with Crippen molar-refractivity contribution in [3.05, 3.63) is 53.6 Å².